The zero-order chi connectivity index (χ0) is 28.5. The normalized spacial score (nSPS) is 12.2. The van der Waals surface area contributed by atoms with Crippen LogP contribution in [0.25, 0.3) is 0 Å². The van der Waals surface area contributed by atoms with Crippen molar-refractivity contribution in [2.45, 2.75) is 232 Å². The van der Waals surface area contributed by atoms with E-state index in [2.05, 4.69) is 32.7 Å². The van der Waals surface area contributed by atoms with Crippen LogP contribution in [0.3, 0.4) is 0 Å². The van der Waals surface area contributed by atoms with Crippen molar-refractivity contribution in [3.05, 3.63) is 0 Å². The van der Waals surface area contributed by atoms with Gasteiger partial charge in [0.25, 0.3) is 0 Å². The third kappa shape index (κ3) is 34.5. The molecule has 0 aromatic heterocycles. The Bertz CT molecular complexity index is 426. The average molecular weight is 587 g/mol. The summed E-state index contributed by atoms with van der Waals surface area (Å²) < 4.78 is 0. The van der Waals surface area contributed by atoms with E-state index in [4.69, 9.17) is 0 Å². The van der Waals surface area contributed by atoms with E-state index in [1.54, 1.807) is 0 Å². The predicted octanol–water partition coefficient (Wildman–Crippen LogP) is 14.3. The second-order valence-electron chi connectivity index (χ2n) is 13.4. The van der Waals surface area contributed by atoms with Gasteiger partial charge in [0.2, 0.25) is 0 Å². The lowest BCUT2D eigenvalue weighted by Crippen LogP contribution is -2.29. The lowest BCUT2D eigenvalue weighted by molar-refractivity contribution is 0.236. The standard InChI is InChI=1S/C38H79N.ClH/c1-5-7-9-11-13-15-17-19-21-23-25-27-29-31-33-35-37-39(4)38(3)36-34-32-30-28-26-24-22-20-18-16-14-12-10-8-6-2;/h38H,5-37H2,1-4H3;1H. The molecule has 1 atom stereocenters. The van der Waals surface area contributed by atoms with Crippen LogP contribution in [0.15, 0.2) is 0 Å². The van der Waals surface area contributed by atoms with E-state index in [1.165, 1.54) is 212 Å². The summed E-state index contributed by atoms with van der Waals surface area (Å²) in [6.45, 7) is 8.37. The lowest BCUT2D eigenvalue weighted by Gasteiger charge is -2.24. The highest BCUT2D eigenvalue weighted by molar-refractivity contribution is 5.85. The fourth-order valence-corrected chi connectivity index (χ4v) is 6.16. The van der Waals surface area contributed by atoms with Gasteiger partial charge in [0.15, 0.2) is 0 Å². The highest BCUT2D eigenvalue weighted by Gasteiger charge is 2.08. The van der Waals surface area contributed by atoms with Crippen molar-refractivity contribution in [1.82, 2.24) is 4.90 Å². The first-order chi connectivity index (χ1) is 19.2. The number of rotatable bonds is 34. The Morgan fingerprint density at radius 1 is 0.350 bits per heavy atom. The van der Waals surface area contributed by atoms with Crippen LogP contribution in [0.1, 0.15) is 226 Å². The Kier molecular flexibility index (Phi) is 39.5. The van der Waals surface area contributed by atoms with E-state index in [-0.39, 0.29) is 12.4 Å². The maximum Gasteiger partial charge on any atom is 0.00638 e. The molecule has 1 nitrogen and oxygen atoms in total. The topological polar surface area (TPSA) is 3.24 Å². The van der Waals surface area contributed by atoms with Gasteiger partial charge in [-0.15, -0.1) is 12.4 Å². The number of hydrogen-bond donors (Lipinski definition) is 0. The maximum absolute atomic E-state index is 2.63. The molecular formula is C38H80ClN. The molecule has 0 aliphatic heterocycles. The first-order valence-corrected chi connectivity index (χ1v) is 18.9. The molecule has 2 heteroatoms. The first kappa shape index (κ1) is 42.4. The lowest BCUT2D eigenvalue weighted by atomic mass is 10.0. The van der Waals surface area contributed by atoms with E-state index in [9.17, 15) is 0 Å². The van der Waals surface area contributed by atoms with Crippen molar-refractivity contribution < 1.29 is 0 Å². The first-order valence-electron chi connectivity index (χ1n) is 18.9. The summed E-state index contributed by atoms with van der Waals surface area (Å²) in [5, 5.41) is 0. The Labute approximate surface area is 262 Å². The van der Waals surface area contributed by atoms with Crippen LogP contribution in [-0.4, -0.2) is 24.5 Å². The maximum atomic E-state index is 2.63. The van der Waals surface area contributed by atoms with Crippen molar-refractivity contribution >= 4 is 12.4 Å². The van der Waals surface area contributed by atoms with Crippen LogP contribution in [-0.2, 0) is 0 Å². The summed E-state index contributed by atoms with van der Waals surface area (Å²) in [6.07, 6.45) is 46.7. The summed E-state index contributed by atoms with van der Waals surface area (Å²) in [5.74, 6) is 0. The Morgan fingerprint density at radius 2 is 0.575 bits per heavy atom. The van der Waals surface area contributed by atoms with Gasteiger partial charge in [0, 0.05) is 6.04 Å². The van der Waals surface area contributed by atoms with Gasteiger partial charge in [-0.3, -0.25) is 0 Å². The monoisotopic (exact) mass is 586 g/mol. The second kappa shape index (κ2) is 37.3. The number of nitrogens with zero attached hydrogens (tertiary/aromatic N) is 1. The van der Waals surface area contributed by atoms with Crippen LogP contribution in [0, 0.1) is 0 Å². The van der Waals surface area contributed by atoms with Gasteiger partial charge in [-0.1, -0.05) is 206 Å². The molecule has 0 fully saturated rings. The van der Waals surface area contributed by atoms with Crippen molar-refractivity contribution in [2.75, 3.05) is 13.6 Å². The van der Waals surface area contributed by atoms with Gasteiger partial charge in [-0.05, 0) is 33.4 Å². The summed E-state index contributed by atoms with van der Waals surface area (Å²) in [7, 11) is 2.36. The van der Waals surface area contributed by atoms with Gasteiger partial charge in [0.1, 0.15) is 0 Å². The smallest absolute Gasteiger partial charge is 0.00638 e. The second-order valence-corrected chi connectivity index (χ2v) is 13.4. The largest absolute Gasteiger partial charge is 0.304 e. The van der Waals surface area contributed by atoms with E-state index >= 15 is 0 Å². The fourth-order valence-electron chi connectivity index (χ4n) is 6.16. The zero-order valence-corrected chi connectivity index (χ0v) is 29.6. The van der Waals surface area contributed by atoms with Gasteiger partial charge in [-0.25, -0.2) is 0 Å². The third-order valence-electron chi connectivity index (χ3n) is 9.34. The molecule has 0 amide bonds. The molecule has 244 valence electrons. The molecule has 0 bridgehead atoms. The molecule has 0 saturated heterocycles. The Hall–Kier alpha value is 0.250. The molecule has 0 radical (unpaired) electrons. The minimum atomic E-state index is 0. The molecule has 0 aromatic rings. The van der Waals surface area contributed by atoms with Gasteiger partial charge < -0.3 is 4.90 Å². The number of unbranched alkanes of at least 4 members (excludes halogenated alkanes) is 29. The molecule has 0 rings (SSSR count). The van der Waals surface area contributed by atoms with Crippen LogP contribution in [0.2, 0.25) is 0 Å². The zero-order valence-electron chi connectivity index (χ0n) is 28.8. The molecule has 0 spiro atoms. The quantitative estimate of drug-likeness (QED) is 0.0678. The minimum Gasteiger partial charge on any atom is -0.304 e. The van der Waals surface area contributed by atoms with Crippen molar-refractivity contribution in [1.29, 1.82) is 0 Å². The van der Waals surface area contributed by atoms with Crippen molar-refractivity contribution in [2.24, 2.45) is 0 Å². The summed E-state index contributed by atoms with van der Waals surface area (Å²) in [4.78, 5) is 2.63. The average Bonchev–Trinajstić information content (AvgIpc) is 2.94. The van der Waals surface area contributed by atoms with Crippen molar-refractivity contribution in [3.8, 4) is 0 Å². The number of hydrogen-bond acceptors (Lipinski definition) is 1. The summed E-state index contributed by atoms with van der Waals surface area (Å²) >= 11 is 0. The van der Waals surface area contributed by atoms with Crippen LogP contribution in [0.4, 0.5) is 0 Å². The van der Waals surface area contributed by atoms with E-state index < -0.39 is 0 Å². The summed E-state index contributed by atoms with van der Waals surface area (Å²) in [5.41, 5.74) is 0. The van der Waals surface area contributed by atoms with Crippen LogP contribution >= 0.6 is 12.4 Å². The molecule has 1 unspecified atom stereocenters. The van der Waals surface area contributed by atoms with Gasteiger partial charge >= 0.3 is 0 Å². The van der Waals surface area contributed by atoms with Crippen LogP contribution in [0.5, 0.6) is 0 Å². The van der Waals surface area contributed by atoms with Crippen LogP contribution < -0.4 is 0 Å². The predicted molar refractivity (Wildman–Crippen MR) is 188 cm³/mol. The highest BCUT2D eigenvalue weighted by Crippen LogP contribution is 2.16. The summed E-state index contributed by atoms with van der Waals surface area (Å²) in [6, 6.07) is 0.767. The van der Waals surface area contributed by atoms with Gasteiger partial charge in [0.05, 0.1) is 0 Å². The molecule has 0 aliphatic rings. The fraction of sp³-hybridized carbons (Fsp3) is 1.00. The molecule has 0 N–H and O–H groups in total. The highest BCUT2D eigenvalue weighted by atomic mass is 35.5. The Morgan fingerprint density at radius 3 is 0.850 bits per heavy atom. The minimum absolute atomic E-state index is 0. The van der Waals surface area contributed by atoms with Crippen molar-refractivity contribution in [3.63, 3.8) is 0 Å². The Balaban J connectivity index is 0. The SMILES string of the molecule is CCCCCCCCCCCCCCCCCCN(C)C(C)CCCCCCCCCCCCCCCCC.Cl. The molecule has 40 heavy (non-hydrogen) atoms. The molecule has 0 aliphatic carbocycles. The molecular weight excluding hydrogens is 506 g/mol. The molecule has 0 heterocycles. The van der Waals surface area contributed by atoms with Gasteiger partial charge in [-0.2, -0.15) is 0 Å². The van der Waals surface area contributed by atoms with E-state index in [0.717, 1.165) is 6.04 Å². The molecule has 0 saturated carbocycles. The third-order valence-corrected chi connectivity index (χ3v) is 9.34. The molecule has 0 aromatic carbocycles. The van der Waals surface area contributed by atoms with E-state index in [1.807, 2.05) is 0 Å². The number of halogens is 1. The van der Waals surface area contributed by atoms with E-state index in [0.29, 0.717) is 0 Å².